The summed E-state index contributed by atoms with van der Waals surface area (Å²) in [7, 11) is 1.63. The molecule has 3 aromatic carbocycles. The van der Waals surface area contributed by atoms with Crippen LogP contribution in [0.25, 0.3) is 6.08 Å². The van der Waals surface area contributed by atoms with Crippen molar-refractivity contribution in [1.29, 1.82) is 0 Å². The predicted molar refractivity (Wildman–Crippen MR) is 156 cm³/mol. The van der Waals surface area contributed by atoms with Crippen molar-refractivity contribution in [2.24, 2.45) is 4.99 Å². The lowest BCUT2D eigenvalue weighted by Gasteiger charge is -2.12. The molecule has 1 heterocycles. The second-order valence-electron chi connectivity index (χ2n) is 7.34. The summed E-state index contributed by atoms with van der Waals surface area (Å²) in [4.78, 5) is 20.1. The third-order valence-corrected chi connectivity index (χ3v) is 7.66. The minimum Gasteiger partial charge on any atom is -0.497 e. The Morgan fingerprint density at radius 2 is 1.71 bits per heavy atom. The van der Waals surface area contributed by atoms with Crippen LogP contribution in [0.2, 0.25) is 0 Å². The number of carbonyl (C=O) groups excluding carboxylic acids is 1. The number of ether oxygens (including phenoxy) is 2. The summed E-state index contributed by atoms with van der Waals surface area (Å²) in [6, 6.07) is 21.7. The fourth-order valence-corrected chi connectivity index (χ4v) is 6.51. The number of aliphatic imine (C=N–C) groups is 1. The first-order valence-electron chi connectivity index (χ1n) is 10.6. The largest absolute Gasteiger partial charge is 0.497 e. The van der Waals surface area contributed by atoms with Gasteiger partial charge in [-0.25, -0.2) is 4.99 Å². The maximum absolute atomic E-state index is 13.0. The predicted octanol–water partition coefficient (Wildman–Crippen LogP) is 7.11. The highest BCUT2D eigenvalue weighted by Crippen LogP contribution is 2.36. The van der Waals surface area contributed by atoms with Crippen molar-refractivity contribution < 1.29 is 14.3 Å². The number of thioether (sulfide) groups is 1. The Bertz CT molecular complexity index is 1220. The average Bonchev–Trinajstić information content (AvgIpc) is 3.13. The quantitative estimate of drug-likeness (QED) is 0.195. The number of hydrogen-bond acceptors (Lipinski definition) is 5. The van der Waals surface area contributed by atoms with E-state index in [2.05, 4.69) is 45.2 Å². The molecule has 1 aliphatic rings. The molecule has 0 aliphatic carbocycles. The van der Waals surface area contributed by atoms with Gasteiger partial charge in [0.25, 0.3) is 5.91 Å². The molecule has 1 aliphatic heterocycles. The van der Waals surface area contributed by atoms with Gasteiger partial charge in [-0.1, -0.05) is 30.3 Å². The number of benzene rings is 3. The Hall–Kier alpha value is -2.05. The molecule has 8 heteroatoms. The molecule has 34 heavy (non-hydrogen) atoms. The van der Waals surface area contributed by atoms with Gasteiger partial charge in [0.15, 0.2) is 5.17 Å². The molecule has 1 fully saturated rings. The number of carbonyl (C=O) groups is 1. The third-order valence-electron chi connectivity index (χ3n) is 5.05. The number of amides is 1. The normalized spacial score (nSPS) is 15.9. The second kappa shape index (κ2) is 11.6. The van der Waals surface area contributed by atoms with E-state index in [1.165, 1.54) is 11.8 Å². The monoisotopic (exact) mass is 696 g/mol. The molecular weight excluding hydrogens is 674 g/mol. The van der Waals surface area contributed by atoms with Gasteiger partial charge in [-0.05, 0) is 117 Å². The van der Waals surface area contributed by atoms with Crippen LogP contribution in [0.4, 0.5) is 5.69 Å². The van der Waals surface area contributed by atoms with Gasteiger partial charge in [0.1, 0.15) is 18.1 Å². The van der Waals surface area contributed by atoms with Gasteiger partial charge in [-0.15, -0.1) is 0 Å². The van der Waals surface area contributed by atoms with Crippen molar-refractivity contribution in [1.82, 2.24) is 4.90 Å². The van der Waals surface area contributed by atoms with E-state index in [9.17, 15) is 4.79 Å². The molecule has 0 N–H and O–H groups in total. The Kier molecular flexibility index (Phi) is 8.54. The molecule has 0 spiro atoms. The maximum atomic E-state index is 13.0. The summed E-state index contributed by atoms with van der Waals surface area (Å²) >= 11 is 5.97. The first-order valence-corrected chi connectivity index (χ1v) is 13.6. The molecule has 0 saturated carbocycles. The summed E-state index contributed by atoms with van der Waals surface area (Å²) in [6.45, 7) is 3.02. The molecule has 5 nitrogen and oxygen atoms in total. The number of amidine groups is 1. The van der Waals surface area contributed by atoms with Crippen LogP contribution in [0.1, 0.15) is 18.1 Å². The molecule has 0 aromatic heterocycles. The Morgan fingerprint density at radius 3 is 2.32 bits per heavy atom. The van der Waals surface area contributed by atoms with Crippen molar-refractivity contribution in [2.75, 3.05) is 13.7 Å². The number of hydrogen-bond donors (Lipinski definition) is 0. The summed E-state index contributed by atoms with van der Waals surface area (Å²) < 4.78 is 13.3. The van der Waals surface area contributed by atoms with Crippen LogP contribution in [0, 0.1) is 7.14 Å². The molecule has 3 aromatic rings. The second-order valence-corrected chi connectivity index (χ2v) is 10.7. The van der Waals surface area contributed by atoms with Crippen molar-refractivity contribution in [2.45, 2.75) is 13.5 Å². The van der Waals surface area contributed by atoms with Crippen LogP contribution in [0.5, 0.6) is 11.5 Å². The molecular formula is C26H22I2N2O3S. The topological polar surface area (TPSA) is 51.1 Å². The van der Waals surface area contributed by atoms with E-state index >= 15 is 0 Å². The third kappa shape index (κ3) is 5.95. The smallest absolute Gasteiger partial charge is 0.266 e. The van der Waals surface area contributed by atoms with Gasteiger partial charge in [0, 0.05) is 6.54 Å². The fraction of sp³-hybridized carbons (Fsp3) is 0.154. The van der Waals surface area contributed by atoms with E-state index in [4.69, 9.17) is 14.5 Å². The van der Waals surface area contributed by atoms with Gasteiger partial charge >= 0.3 is 0 Å². The highest BCUT2D eigenvalue weighted by atomic mass is 127. The van der Waals surface area contributed by atoms with E-state index in [1.807, 2.05) is 79.7 Å². The zero-order valence-corrected chi connectivity index (χ0v) is 23.8. The highest BCUT2D eigenvalue weighted by Gasteiger charge is 2.32. The van der Waals surface area contributed by atoms with Crippen molar-refractivity contribution >= 4 is 79.8 Å². The Balaban J connectivity index is 1.55. The summed E-state index contributed by atoms with van der Waals surface area (Å²) in [5.41, 5.74) is 2.86. The zero-order chi connectivity index (χ0) is 24.1. The maximum Gasteiger partial charge on any atom is 0.266 e. The zero-order valence-electron chi connectivity index (χ0n) is 18.6. The molecule has 0 radical (unpaired) electrons. The van der Waals surface area contributed by atoms with Crippen LogP contribution in [0.3, 0.4) is 0 Å². The van der Waals surface area contributed by atoms with Gasteiger partial charge in [0.2, 0.25) is 0 Å². The van der Waals surface area contributed by atoms with Crippen LogP contribution in [-0.2, 0) is 11.4 Å². The first kappa shape index (κ1) is 25.1. The standard InChI is InChI=1S/C26H22I2N2O3S/c1-3-30-25(31)23(34-26(30)29-19-9-11-20(32-2)12-10-19)15-18-13-21(27)24(22(28)14-18)33-16-17-7-5-4-6-8-17/h4-15H,3,16H2,1-2H3/b23-15+,29-26?. The van der Waals surface area contributed by atoms with Crippen molar-refractivity contribution in [3.63, 3.8) is 0 Å². The Labute approximate surface area is 230 Å². The summed E-state index contributed by atoms with van der Waals surface area (Å²) in [5, 5.41) is 0.677. The van der Waals surface area contributed by atoms with Gasteiger partial charge in [0.05, 0.1) is 24.8 Å². The van der Waals surface area contributed by atoms with Gasteiger partial charge < -0.3 is 9.47 Å². The van der Waals surface area contributed by atoms with Crippen molar-refractivity contribution in [3.8, 4) is 11.5 Å². The van der Waals surface area contributed by atoms with Gasteiger partial charge in [-0.2, -0.15) is 0 Å². The molecule has 0 unspecified atom stereocenters. The highest BCUT2D eigenvalue weighted by molar-refractivity contribution is 14.1. The fourth-order valence-electron chi connectivity index (χ4n) is 3.32. The number of halogens is 2. The lowest BCUT2D eigenvalue weighted by molar-refractivity contribution is -0.122. The molecule has 4 rings (SSSR count). The molecule has 1 saturated heterocycles. The van der Waals surface area contributed by atoms with Crippen LogP contribution < -0.4 is 9.47 Å². The van der Waals surface area contributed by atoms with Crippen LogP contribution >= 0.6 is 56.9 Å². The minimum absolute atomic E-state index is 0.0332. The first-order chi connectivity index (χ1) is 16.5. The van der Waals surface area contributed by atoms with E-state index in [1.54, 1.807) is 12.0 Å². The number of methoxy groups -OCH3 is 1. The number of nitrogens with zero attached hydrogens (tertiary/aromatic N) is 2. The molecule has 0 bridgehead atoms. The van der Waals surface area contributed by atoms with Crippen molar-refractivity contribution in [3.05, 3.63) is 89.9 Å². The molecule has 174 valence electrons. The Morgan fingerprint density at radius 1 is 1.03 bits per heavy atom. The van der Waals surface area contributed by atoms with Crippen LogP contribution in [-0.4, -0.2) is 29.6 Å². The number of likely N-dealkylation sites (N-methyl/N-ethyl adjacent to an activating group) is 1. The minimum atomic E-state index is -0.0332. The van der Waals surface area contributed by atoms with Crippen LogP contribution in [0.15, 0.2) is 76.6 Å². The van der Waals surface area contributed by atoms with E-state index < -0.39 is 0 Å². The van der Waals surface area contributed by atoms with Gasteiger partial charge in [-0.3, -0.25) is 9.69 Å². The molecule has 1 amide bonds. The SMILES string of the molecule is CCN1C(=O)/C(=C\c2cc(I)c(OCc3ccccc3)c(I)c2)SC1=Nc1ccc(OC)cc1. The van der Waals surface area contributed by atoms with E-state index in [0.29, 0.717) is 23.2 Å². The van der Waals surface area contributed by atoms with E-state index in [0.717, 1.165) is 35.5 Å². The lowest BCUT2D eigenvalue weighted by atomic mass is 10.2. The van der Waals surface area contributed by atoms with E-state index in [-0.39, 0.29) is 5.91 Å². The lowest BCUT2D eigenvalue weighted by Crippen LogP contribution is -2.28. The average molecular weight is 696 g/mol. The number of rotatable bonds is 7. The summed E-state index contributed by atoms with van der Waals surface area (Å²) in [6.07, 6.45) is 1.93. The molecule has 0 atom stereocenters. The summed E-state index contributed by atoms with van der Waals surface area (Å²) in [5.74, 6) is 1.59.